The van der Waals surface area contributed by atoms with E-state index in [1.54, 1.807) is 18.5 Å². The van der Waals surface area contributed by atoms with Crippen LogP contribution in [0, 0.1) is 27.7 Å². The van der Waals surface area contributed by atoms with Gasteiger partial charge in [0.25, 0.3) is 0 Å². The topological polar surface area (TPSA) is 57.5 Å². The normalized spacial score (nSPS) is 10.6. The average molecular weight is 329 g/mol. The van der Waals surface area contributed by atoms with Crippen LogP contribution in [0.4, 0.5) is 0 Å². The van der Waals surface area contributed by atoms with E-state index in [0.29, 0.717) is 22.6 Å². The number of carbonyl (C=O) groups excluding carboxylic acids is 2. The van der Waals surface area contributed by atoms with Crippen LogP contribution in [0.1, 0.15) is 43.2 Å². The third-order valence-corrected chi connectivity index (χ3v) is 4.44. The summed E-state index contributed by atoms with van der Waals surface area (Å²) in [5, 5.41) is 0. The van der Waals surface area contributed by atoms with Crippen LogP contribution in [0.3, 0.4) is 0 Å². The highest BCUT2D eigenvalue weighted by molar-refractivity contribution is 6.03. The second-order valence-electron chi connectivity index (χ2n) is 5.94. The van der Waals surface area contributed by atoms with Crippen molar-refractivity contribution in [1.82, 2.24) is 4.57 Å². The van der Waals surface area contributed by atoms with E-state index in [2.05, 4.69) is 0 Å². The van der Waals surface area contributed by atoms with Crippen LogP contribution in [0.5, 0.6) is 5.75 Å². The zero-order valence-electron chi connectivity index (χ0n) is 15.0. The third-order valence-electron chi connectivity index (χ3n) is 4.44. The SMILES string of the molecule is COC(=O)c1c(C)c(C(=O)COc2ccc(C)c(C)c2)c(C)n1C. The molecule has 0 radical (unpaired) electrons. The zero-order valence-corrected chi connectivity index (χ0v) is 15.0. The first kappa shape index (κ1) is 17.8. The van der Waals surface area contributed by atoms with Gasteiger partial charge in [-0.1, -0.05) is 6.07 Å². The van der Waals surface area contributed by atoms with Gasteiger partial charge in [0, 0.05) is 18.3 Å². The van der Waals surface area contributed by atoms with Gasteiger partial charge in [-0.15, -0.1) is 0 Å². The van der Waals surface area contributed by atoms with Gasteiger partial charge in [0.2, 0.25) is 5.78 Å². The van der Waals surface area contributed by atoms with E-state index in [9.17, 15) is 9.59 Å². The highest BCUT2D eigenvalue weighted by Gasteiger charge is 2.25. The highest BCUT2D eigenvalue weighted by Crippen LogP contribution is 2.23. The maximum absolute atomic E-state index is 12.6. The number of ketones is 1. The standard InChI is InChI=1S/C19H23NO4/c1-11-7-8-15(9-12(11)2)24-10-16(21)17-13(3)18(19(22)23-6)20(5)14(17)4/h7-9H,10H2,1-6H3. The van der Waals surface area contributed by atoms with Gasteiger partial charge in [-0.05, 0) is 56.5 Å². The maximum Gasteiger partial charge on any atom is 0.354 e. The fourth-order valence-corrected chi connectivity index (χ4v) is 2.80. The Balaban J connectivity index is 2.24. The maximum atomic E-state index is 12.6. The summed E-state index contributed by atoms with van der Waals surface area (Å²) < 4.78 is 12.1. The first-order chi connectivity index (χ1) is 11.3. The Bertz CT molecular complexity index is 802. The minimum Gasteiger partial charge on any atom is -0.485 e. The van der Waals surface area contributed by atoms with Crippen molar-refractivity contribution in [2.75, 3.05) is 13.7 Å². The number of hydrogen-bond donors (Lipinski definition) is 0. The van der Waals surface area contributed by atoms with Crippen LogP contribution < -0.4 is 4.74 Å². The second-order valence-corrected chi connectivity index (χ2v) is 5.94. The van der Waals surface area contributed by atoms with Crippen LogP contribution in [0.2, 0.25) is 0 Å². The Morgan fingerprint density at radius 3 is 2.33 bits per heavy atom. The second kappa shape index (κ2) is 6.91. The molecule has 0 spiro atoms. The number of nitrogens with zero attached hydrogens (tertiary/aromatic N) is 1. The molecular formula is C19H23NO4. The van der Waals surface area contributed by atoms with E-state index in [1.165, 1.54) is 12.7 Å². The number of carbonyl (C=O) groups is 2. The predicted octanol–water partition coefficient (Wildman–Crippen LogP) is 3.31. The summed E-state index contributed by atoms with van der Waals surface area (Å²) >= 11 is 0. The van der Waals surface area contributed by atoms with Crippen LogP contribution in [-0.4, -0.2) is 30.0 Å². The summed E-state index contributed by atoms with van der Waals surface area (Å²) in [6.07, 6.45) is 0. The summed E-state index contributed by atoms with van der Waals surface area (Å²) in [4.78, 5) is 24.5. The average Bonchev–Trinajstić information content (AvgIpc) is 2.77. The van der Waals surface area contributed by atoms with Gasteiger partial charge in [0.1, 0.15) is 11.4 Å². The molecule has 1 aromatic carbocycles. The van der Waals surface area contributed by atoms with Gasteiger partial charge in [0.15, 0.2) is 6.61 Å². The minimum absolute atomic E-state index is 0.0746. The van der Waals surface area contributed by atoms with Gasteiger partial charge < -0.3 is 14.0 Å². The molecule has 0 N–H and O–H groups in total. The van der Waals surface area contributed by atoms with Crippen LogP contribution >= 0.6 is 0 Å². The molecule has 1 aromatic heterocycles. The Morgan fingerprint density at radius 1 is 1.08 bits per heavy atom. The Hall–Kier alpha value is -2.56. The number of ether oxygens (including phenoxy) is 2. The van der Waals surface area contributed by atoms with Crippen LogP contribution in [0.25, 0.3) is 0 Å². The first-order valence-corrected chi connectivity index (χ1v) is 7.75. The molecule has 0 atom stereocenters. The van der Waals surface area contributed by atoms with Gasteiger partial charge in [-0.2, -0.15) is 0 Å². The molecule has 2 aromatic rings. The Morgan fingerprint density at radius 2 is 1.75 bits per heavy atom. The smallest absolute Gasteiger partial charge is 0.354 e. The van der Waals surface area contributed by atoms with Crippen molar-refractivity contribution in [1.29, 1.82) is 0 Å². The lowest BCUT2D eigenvalue weighted by atomic mass is 10.1. The molecule has 2 rings (SSSR count). The van der Waals surface area contributed by atoms with Crippen molar-refractivity contribution < 1.29 is 19.1 Å². The lowest BCUT2D eigenvalue weighted by Crippen LogP contribution is -2.13. The molecule has 5 nitrogen and oxygen atoms in total. The van der Waals surface area contributed by atoms with Gasteiger partial charge in [0.05, 0.1) is 7.11 Å². The van der Waals surface area contributed by atoms with Crippen molar-refractivity contribution in [2.24, 2.45) is 7.05 Å². The molecule has 128 valence electrons. The molecular weight excluding hydrogens is 306 g/mol. The molecule has 1 heterocycles. The molecule has 0 aliphatic rings. The number of aryl methyl sites for hydroxylation is 2. The lowest BCUT2D eigenvalue weighted by molar-refractivity contribution is 0.0588. The molecule has 0 aliphatic carbocycles. The minimum atomic E-state index is -0.452. The Kier molecular flexibility index (Phi) is 5.12. The third kappa shape index (κ3) is 3.20. The summed E-state index contributed by atoms with van der Waals surface area (Å²) in [5.41, 5.74) is 4.54. The van der Waals surface area contributed by atoms with Crippen molar-refractivity contribution in [2.45, 2.75) is 27.7 Å². The number of rotatable bonds is 5. The predicted molar refractivity (Wildman–Crippen MR) is 92.0 cm³/mol. The van der Waals surface area contributed by atoms with Gasteiger partial charge >= 0.3 is 5.97 Å². The van der Waals surface area contributed by atoms with E-state index in [-0.39, 0.29) is 12.4 Å². The monoisotopic (exact) mass is 329 g/mol. The summed E-state index contributed by atoms with van der Waals surface area (Å²) in [6, 6.07) is 5.72. The van der Waals surface area contributed by atoms with Crippen LogP contribution in [0.15, 0.2) is 18.2 Å². The zero-order chi connectivity index (χ0) is 18.0. The number of methoxy groups -OCH3 is 1. The van der Waals surface area contributed by atoms with Gasteiger partial charge in [-0.25, -0.2) is 4.79 Å². The molecule has 0 saturated heterocycles. The summed E-state index contributed by atoms with van der Waals surface area (Å²) in [6.45, 7) is 7.51. The molecule has 0 amide bonds. The molecule has 5 heteroatoms. The number of esters is 1. The largest absolute Gasteiger partial charge is 0.485 e. The van der Waals surface area contributed by atoms with E-state index in [0.717, 1.165) is 11.3 Å². The Labute approximate surface area is 142 Å². The lowest BCUT2D eigenvalue weighted by Gasteiger charge is -2.08. The molecule has 0 aliphatic heterocycles. The highest BCUT2D eigenvalue weighted by atomic mass is 16.5. The number of benzene rings is 1. The number of Topliss-reactive ketones (excluding diaryl/α,β-unsaturated/α-hetero) is 1. The van der Waals surface area contributed by atoms with E-state index >= 15 is 0 Å². The number of aromatic nitrogens is 1. The number of hydrogen-bond acceptors (Lipinski definition) is 4. The van der Waals surface area contributed by atoms with Crippen molar-refractivity contribution in [3.8, 4) is 5.75 Å². The fourth-order valence-electron chi connectivity index (χ4n) is 2.80. The summed E-state index contributed by atoms with van der Waals surface area (Å²) in [5.74, 6) is 0.0482. The van der Waals surface area contributed by atoms with Crippen molar-refractivity contribution >= 4 is 11.8 Å². The molecule has 0 bridgehead atoms. The van der Waals surface area contributed by atoms with E-state index in [4.69, 9.17) is 9.47 Å². The molecule has 0 saturated carbocycles. The van der Waals surface area contributed by atoms with Crippen LogP contribution in [-0.2, 0) is 11.8 Å². The van der Waals surface area contributed by atoms with Crippen molar-refractivity contribution in [3.05, 3.63) is 51.8 Å². The quantitative estimate of drug-likeness (QED) is 0.624. The fraction of sp³-hybridized carbons (Fsp3) is 0.368. The first-order valence-electron chi connectivity index (χ1n) is 7.75. The molecule has 0 unspecified atom stereocenters. The summed E-state index contributed by atoms with van der Waals surface area (Å²) in [7, 11) is 3.07. The van der Waals surface area contributed by atoms with Gasteiger partial charge in [-0.3, -0.25) is 4.79 Å². The molecule has 0 fully saturated rings. The molecule has 24 heavy (non-hydrogen) atoms. The van der Waals surface area contributed by atoms with Crippen molar-refractivity contribution in [3.63, 3.8) is 0 Å². The van der Waals surface area contributed by atoms with E-state index < -0.39 is 5.97 Å². The van der Waals surface area contributed by atoms with E-state index in [1.807, 2.05) is 39.0 Å².